The highest BCUT2D eigenvalue weighted by Crippen LogP contribution is 2.51. The van der Waals surface area contributed by atoms with Crippen molar-refractivity contribution in [1.29, 1.82) is 0 Å². The number of alkyl halides is 3. The Labute approximate surface area is 153 Å². The molecule has 148 valence electrons. The number of carboxylic acids is 1. The van der Waals surface area contributed by atoms with Gasteiger partial charge in [-0.05, 0) is 36.8 Å². The zero-order valence-electron chi connectivity index (χ0n) is 14.6. The van der Waals surface area contributed by atoms with Crippen LogP contribution in [0.3, 0.4) is 0 Å². The van der Waals surface area contributed by atoms with Crippen molar-refractivity contribution in [1.82, 2.24) is 5.32 Å². The second-order valence-corrected chi connectivity index (χ2v) is 7.08. The molecule has 0 saturated heterocycles. The van der Waals surface area contributed by atoms with Crippen molar-refractivity contribution in [3.8, 4) is 5.75 Å². The molecule has 2 fully saturated rings. The minimum Gasteiger partial charge on any atom is -0.481 e. The molecule has 9 heteroatoms. The zero-order chi connectivity index (χ0) is 19.8. The first-order valence-corrected chi connectivity index (χ1v) is 8.54. The summed E-state index contributed by atoms with van der Waals surface area (Å²) in [6.45, 7) is 0.177. The second-order valence-electron chi connectivity index (χ2n) is 7.08. The lowest BCUT2D eigenvalue weighted by molar-refractivity contribution is -0.274. The third-order valence-electron chi connectivity index (χ3n) is 5.28. The smallest absolute Gasteiger partial charge is 0.481 e. The Morgan fingerprint density at radius 2 is 1.96 bits per heavy atom. The van der Waals surface area contributed by atoms with Crippen LogP contribution in [-0.4, -0.2) is 42.6 Å². The molecule has 27 heavy (non-hydrogen) atoms. The molecule has 2 aliphatic rings. The fourth-order valence-electron chi connectivity index (χ4n) is 3.61. The summed E-state index contributed by atoms with van der Waals surface area (Å²) in [6.07, 6.45) is -3.73. The number of hydrogen-bond acceptors (Lipinski definition) is 4. The zero-order valence-corrected chi connectivity index (χ0v) is 14.6. The monoisotopic (exact) mass is 387 g/mol. The van der Waals surface area contributed by atoms with E-state index in [0.717, 1.165) is 0 Å². The highest BCUT2D eigenvalue weighted by molar-refractivity contribution is 5.83. The average Bonchev–Trinajstić information content (AvgIpc) is 3.33. The lowest BCUT2D eigenvalue weighted by Crippen LogP contribution is -2.55. The Kier molecular flexibility index (Phi) is 5.07. The van der Waals surface area contributed by atoms with Gasteiger partial charge in [0.25, 0.3) is 0 Å². The van der Waals surface area contributed by atoms with E-state index in [4.69, 9.17) is 9.84 Å². The van der Waals surface area contributed by atoms with Gasteiger partial charge in [0.15, 0.2) is 0 Å². The van der Waals surface area contributed by atoms with Gasteiger partial charge in [-0.15, -0.1) is 13.2 Å². The van der Waals surface area contributed by atoms with Crippen LogP contribution in [0.25, 0.3) is 0 Å². The molecule has 0 bridgehead atoms. The predicted octanol–water partition coefficient (Wildman–Crippen LogP) is 2.68. The van der Waals surface area contributed by atoms with Crippen molar-refractivity contribution in [2.75, 3.05) is 13.7 Å². The van der Waals surface area contributed by atoms with Gasteiger partial charge >= 0.3 is 12.3 Å². The van der Waals surface area contributed by atoms with Gasteiger partial charge in [-0.2, -0.15) is 0 Å². The lowest BCUT2D eigenvalue weighted by atomic mass is 9.70. The molecule has 0 unspecified atom stereocenters. The minimum absolute atomic E-state index is 0.177. The number of carbonyl (C=O) groups is 2. The number of carbonyl (C=O) groups excluding carboxylic acids is 1. The molecule has 6 nitrogen and oxygen atoms in total. The maximum absolute atomic E-state index is 12.5. The highest BCUT2D eigenvalue weighted by atomic mass is 19.4. The Bertz CT molecular complexity index is 730. The number of benzene rings is 1. The van der Waals surface area contributed by atoms with E-state index in [2.05, 4.69) is 10.1 Å². The van der Waals surface area contributed by atoms with E-state index in [-0.39, 0.29) is 24.1 Å². The first-order valence-electron chi connectivity index (χ1n) is 8.54. The Balaban J connectivity index is 1.56. The van der Waals surface area contributed by atoms with Crippen LogP contribution in [0.15, 0.2) is 24.3 Å². The van der Waals surface area contributed by atoms with E-state index in [9.17, 15) is 22.8 Å². The molecule has 2 aliphatic carbocycles. The highest BCUT2D eigenvalue weighted by Gasteiger charge is 2.50. The average molecular weight is 387 g/mol. The molecule has 0 aliphatic heterocycles. The topological polar surface area (TPSA) is 84.9 Å². The van der Waals surface area contributed by atoms with Crippen LogP contribution < -0.4 is 10.1 Å². The van der Waals surface area contributed by atoms with Crippen LogP contribution in [0.4, 0.5) is 13.2 Å². The van der Waals surface area contributed by atoms with Crippen LogP contribution in [0.2, 0.25) is 0 Å². The SMILES string of the molecule is COC1(CNC(=O)[C@@H]2C[C@H]2c2ccccc2OC(F)(F)F)CC(C(=O)O)C1. The van der Waals surface area contributed by atoms with E-state index in [1.807, 2.05) is 0 Å². The van der Waals surface area contributed by atoms with E-state index in [1.54, 1.807) is 6.07 Å². The van der Waals surface area contributed by atoms with E-state index >= 15 is 0 Å². The molecule has 3 rings (SSSR count). The number of aliphatic carboxylic acids is 1. The van der Waals surface area contributed by atoms with Crippen LogP contribution in [0.1, 0.15) is 30.7 Å². The summed E-state index contributed by atoms with van der Waals surface area (Å²) in [5.74, 6) is -2.72. The number of amides is 1. The fraction of sp³-hybridized carbons (Fsp3) is 0.556. The van der Waals surface area contributed by atoms with Crippen LogP contribution in [0, 0.1) is 11.8 Å². The van der Waals surface area contributed by atoms with Crippen molar-refractivity contribution in [2.45, 2.75) is 37.1 Å². The van der Waals surface area contributed by atoms with Crippen LogP contribution >= 0.6 is 0 Å². The molecule has 0 radical (unpaired) electrons. The maximum atomic E-state index is 12.5. The number of ether oxygens (including phenoxy) is 2. The number of nitrogens with one attached hydrogen (secondary N) is 1. The minimum atomic E-state index is -4.79. The summed E-state index contributed by atoms with van der Waals surface area (Å²) < 4.78 is 47.0. The maximum Gasteiger partial charge on any atom is 0.573 e. The molecule has 0 spiro atoms. The number of rotatable bonds is 7. The number of para-hydroxylation sites is 1. The number of halogens is 3. The Morgan fingerprint density at radius 3 is 2.56 bits per heavy atom. The van der Waals surface area contributed by atoms with Crippen molar-refractivity contribution in [2.24, 2.45) is 11.8 Å². The van der Waals surface area contributed by atoms with E-state index < -0.39 is 29.8 Å². The summed E-state index contributed by atoms with van der Waals surface area (Å²) in [5, 5.41) is 11.7. The first kappa shape index (κ1) is 19.5. The number of methoxy groups -OCH3 is 1. The third-order valence-corrected chi connectivity index (χ3v) is 5.28. The largest absolute Gasteiger partial charge is 0.573 e. The quantitative estimate of drug-likeness (QED) is 0.752. The van der Waals surface area contributed by atoms with Gasteiger partial charge in [0.05, 0.1) is 11.5 Å². The lowest BCUT2D eigenvalue weighted by Gasteiger charge is -2.44. The molecule has 0 aromatic heterocycles. The molecule has 1 aromatic carbocycles. The molecule has 1 aromatic rings. The molecule has 2 N–H and O–H groups in total. The second kappa shape index (κ2) is 7.03. The van der Waals surface area contributed by atoms with E-state index in [0.29, 0.717) is 24.8 Å². The summed E-state index contributed by atoms with van der Waals surface area (Å²) in [5.41, 5.74) is -0.341. The molecular weight excluding hydrogens is 367 g/mol. The van der Waals surface area contributed by atoms with Crippen molar-refractivity contribution >= 4 is 11.9 Å². The van der Waals surface area contributed by atoms with Gasteiger partial charge in [-0.25, -0.2) is 0 Å². The van der Waals surface area contributed by atoms with Gasteiger partial charge in [0.1, 0.15) is 5.75 Å². The summed E-state index contributed by atoms with van der Waals surface area (Å²) in [7, 11) is 1.47. The van der Waals surface area contributed by atoms with Gasteiger partial charge < -0.3 is 19.9 Å². The molecule has 0 heterocycles. The molecule has 1 amide bonds. The summed E-state index contributed by atoms with van der Waals surface area (Å²) in [4.78, 5) is 23.3. The molecular formula is C18H20F3NO5. The standard InChI is InChI=1S/C18H20F3NO5/c1-26-17(7-10(8-17)16(24)25)9-22-15(23)13-6-12(13)11-4-2-3-5-14(11)27-18(19,20)21/h2-5,10,12-13H,6-9H2,1H3,(H,22,23)(H,24,25)/t10?,12-,13+,17?/m0/s1. The van der Waals surface area contributed by atoms with Crippen molar-refractivity contribution in [3.63, 3.8) is 0 Å². The van der Waals surface area contributed by atoms with Crippen LogP contribution in [0.5, 0.6) is 5.75 Å². The number of carboxylic acid groups (broad SMARTS) is 1. The van der Waals surface area contributed by atoms with Crippen molar-refractivity contribution < 1.29 is 37.3 Å². The van der Waals surface area contributed by atoms with Crippen LogP contribution in [-0.2, 0) is 14.3 Å². The third kappa shape index (κ3) is 4.35. The van der Waals surface area contributed by atoms with Gasteiger partial charge in [-0.1, -0.05) is 18.2 Å². The molecule has 2 saturated carbocycles. The van der Waals surface area contributed by atoms with Gasteiger partial charge in [0, 0.05) is 19.6 Å². The van der Waals surface area contributed by atoms with Crippen molar-refractivity contribution in [3.05, 3.63) is 29.8 Å². The van der Waals surface area contributed by atoms with Gasteiger partial charge in [-0.3, -0.25) is 9.59 Å². The first-order chi connectivity index (χ1) is 12.6. The Morgan fingerprint density at radius 1 is 1.30 bits per heavy atom. The summed E-state index contributed by atoms with van der Waals surface area (Å²) >= 11 is 0. The van der Waals surface area contributed by atoms with Gasteiger partial charge in [0.2, 0.25) is 5.91 Å². The normalized spacial score (nSPS) is 29.6. The Hall–Kier alpha value is -2.29. The fourth-order valence-corrected chi connectivity index (χ4v) is 3.61. The van der Waals surface area contributed by atoms with E-state index in [1.165, 1.54) is 25.3 Å². The number of hydrogen-bond donors (Lipinski definition) is 2. The summed E-state index contributed by atoms with van der Waals surface area (Å²) in [6, 6.07) is 5.81. The molecule has 2 atom stereocenters. The predicted molar refractivity (Wildman–Crippen MR) is 87.1 cm³/mol.